The molecule has 5 heteroatoms. The molecule has 20 heavy (non-hydrogen) atoms. The average molecular weight is 293 g/mol. The zero-order valence-electron chi connectivity index (χ0n) is 12.3. The summed E-state index contributed by atoms with van der Waals surface area (Å²) in [5, 5.41) is 0.974. The van der Waals surface area contributed by atoms with Gasteiger partial charge >= 0.3 is 5.97 Å². The van der Waals surface area contributed by atoms with Gasteiger partial charge in [-0.1, -0.05) is 0 Å². The first kappa shape index (κ1) is 14.9. The van der Waals surface area contributed by atoms with Crippen LogP contribution in [0.2, 0.25) is 0 Å². The summed E-state index contributed by atoms with van der Waals surface area (Å²) >= 11 is 0. The maximum atomic E-state index is 12.1. The number of carbonyl (C=O) groups is 1. The Morgan fingerprint density at radius 1 is 1.35 bits per heavy atom. The van der Waals surface area contributed by atoms with E-state index in [1.165, 1.54) is 0 Å². The highest BCUT2D eigenvalue weighted by Crippen LogP contribution is 2.42. The smallest absolute Gasteiger partial charge is 0.338 e. The molecule has 0 saturated heterocycles. The van der Waals surface area contributed by atoms with Crippen LogP contribution in [0.3, 0.4) is 0 Å². The number of hydrogen-bond acceptors (Lipinski definition) is 3. The summed E-state index contributed by atoms with van der Waals surface area (Å²) in [5.74, 6) is -0.319. The number of aromatic nitrogens is 1. The highest BCUT2D eigenvalue weighted by Gasteiger charge is 2.16. The largest absolute Gasteiger partial charge is 0.462 e. The predicted molar refractivity (Wildman–Crippen MR) is 82.0 cm³/mol. The van der Waals surface area contributed by atoms with Crippen LogP contribution in [0, 0.1) is 0 Å². The van der Waals surface area contributed by atoms with Crippen LogP contribution < -0.4 is 0 Å². The number of ether oxygens (including phenoxy) is 1. The second kappa shape index (κ2) is 5.45. The molecule has 0 bridgehead atoms. The van der Waals surface area contributed by atoms with Gasteiger partial charge in [0, 0.05) is 30.3 Å². The van der Waals surface area contributed by atoms with Crippen molar-refractivity contribution in [2.45, 2.75) is 13.1 Å². The lowest BCUT2D eigenvalue weighted by atomic mass is 10.1. The summed E-state index contributed by atoms with van der Waals surface area (Å²) in [4.78, 5) is 11.8. The molecule has 0 aliphatic carbocycles. The van der Waals surface area contributed by atoms with E-state index in [9.17, 15) is 9.36 Å². The molecule has 0 atom stereocenters. The molecule has 1 aromatic carbocycles. The zero-order valence-corrected chi connectivity index (χ0v) is 13.2. The highest BCUT2D eigenvalue weighted by atomic mass is 31.2. The molecule has 0 fully saturated rings. The van der Waals surface area contributed by atoms with Gasteiger partial charge in [-0.05, 0) is 44.0 Å². The highest BCUT2D eigenvalue weighted by molar-refractivity contribution is 7.61. The molecular formula is C15H20NO3P. The first-order valence-corrected chi connectivity index (χ1v) is 9.39. The third kappa shape index (κ3) is 3.13. The van der Waals surface area contributed by atoms with Crippen LogP contribution >= 0.6 is 7.14 Å². The lowest BCUT2D eigenvalue weighted by molar-refractivity contribution is 0.0526. The predicted octanol–water partition coefficient (Wildman–Crippen LogP) is 3.48. The first-order chi connectivity index (χ1) is 9.31. The molecule has 0 radical (unpaired) electrons. The molecule has 0 spiro atoms. The van der Waals surface area contributed by atoms with E-state index in [1.54, 1.807) is 26.3 Å². The van der Waals surface area contributed by atoms with Crippen molar-refractivity contribution in [3.05, 3.63) is 35.5 Å². The maximum absolute atomic E-state index is 12.1. The lowest BCUT2D eigenvalue weighted by Gasteiger charge is -2.06. The Kier molecular flexibility index (Phi) is 4.05. The Bertz CT molecular complexity index is 696. The van der Waals surface area contributed by atoms with Crippen molar-refractivity contribution in [3.63, 3.8) is 0 Å². The van der Waals surface area contributed by atoms with Gasteiger partial charge < -0.3 is 13.9 Å². The van der Waals surface area contributed by atoms with Gasteiger partial charge in [0.2, 0.25) is 0 Å². The monoisotopic (exact) mass is 293 g/mol. The van der Waals surface area contributed by atoms with Crippen LogP contribution in [-0.4, -0.2) is 30.5 Å². The first-order valence-electron chi connectivity index (χ1n) is 6.61. The summed E-state index contributed by atoms with van der Waals surface area (Å²) < 4.78 is 19.1. The van der Waals surface area contributed by atoms with Gasteiger partial charge in [0.15, 0.2) is 0 Å². The van der Waals surface area contributed by atoms with E-state index in [2.05, 4.69) is 0 Å². The number of rotatable bonds is 4. The third-order valence-corrected chi connectivity index (χ3v) is 4.24. The van der Waals surface area contributed by atoms with Gasteiger partial charge in [-0.3, -0.25) is 0 Å². The summed E-state index contributed by atoms with van der Waals surface area (Å²) in [5.41, 5.74) is 2.58. The summed E-state index contributed by atoms with van der Waals surface area (Å²) in [6.45, 7) is 5.70. The van der Waals surface area contributed by atoms with Gasteiger partial charge in [0.1, 0.15) is 0 Å². The van der Waals surface area contributed by atoms with Crippen molar-refractivity contribution >= 4 is 24.0 Å². The molecule has 1 heterocycles. The average Bonchev–Trinajstić information content (AvgIpc) is 2.64. The number of hydrogen-bond donors (Lipinski definition) is 0. The van der Waals surface area contributed by atoms with Crippen molar-refractivity contribution in [2.24, 2.45) is 7.05 Å². The summed E-state index contributed by atoms with van der Waals surface area (Å²) in [7, 11) is -0.209. The van der Waals surface area contributed by atoms with Gasteiger partial charge in [-0.15, -0.1) is 0 Å². The molecule has 0 N–H and O–H groups in total. The molecule has 0 aliphatic rings. The van der Waals surface area contributed by atoms with E-state index in [1.807, 2.05) is 29.9 Å². The fraction of sp³-hybridized carbons (Fsp3) is 0.400. The van der Waals surface area contributed by atoms with Crippen LogP contribution in [0.15, 0.2) is 24.4 Å². The second-order valence-electron chi connectivity index (χ2n) is 5.45. The topological polar surface area (TPSA) is 48.3 Å². The molecule has 2 rings (SSSR count). The molecule has 1 aromatic heterocycles. The van der Waals surface area contributed by atoms with Crippen molar-refractivity contribution in [2.75, 3.05) is 19.9 Å². The van der Waals surface area contributed by atoms with Gasteiger partial charge in [-0.2, -0.15) is 0 Å². The van der Waals surface area contributed by atoms with Crippen molar-refractivity contribution < 1.29 is 14.1 Å². The Morgan fingerprint density at radius 3 is 2.65 bits per heavy atom. The van der Waals surface area contributed by atoms with Crippen molar-refractivity contribution in [1.29, 1.82) is 0 Å². The normalized spacial score (nSPS) is 11.8. The molecule has 0 unspecified atom stereocenters. The molecule has 0 aliphatic heterocycles. The SMILES string of the molecule is CCOC(=O)c1ccc2c(c1)c(CP(C)(C)=O)cn2C. The fourth-order valence-electron chi connectivity index (χ4n) is 2.35. The van der Waals surface area contributed by atoms with E-state index in [0.717, 1.165) is 16.5 Å². The molecule has 2 aromatic rings. The third-order valence-electron chi connectivity index (χ3n) is 3.13. The Labute approximate surface area is 119 Å². The molecule has 108 valence electrons. The second-order valence-corrected chi connectivity index (χ2v) is 8.91. The van der Waals surface area contributed by atoms with E-state index >= 15 is 0 Å². The van der Waals surface area contributed by atoms with Crippen molar-refractivity contribution in [1.82, 2.24) is 4.57 Å². The number of benzene rings is 1. The van der Waals surface area contributed by atoms with Crippen LogP contribution in [0.1, 0.15) is 22.8 Å². The molecule has 0 amide bonds. The van der Waals surface area contributed by atoms with Gasteiger partial charge in [0.05, 0.1) is 19.3 Å². The minimum Gasteiger partial charge on any atom is -0.462 e. The molecular weight excluding hydrogens is 273 g/mol. The quantitative estimate of drug-likeness (QED) is 0.640. The zero-order chi connectivity index (χ0) is 14.9. The standard InChI is InChI=1S/C15H20NO3P/c1-5-19-15(17)11-6-7-14-13(8-11)12(9-16(14)2)10-20(3,4)18/h6-9H,5,10H2,1-4H3. The van der Waals surface area contributed by atoms with Crippen molar-refractivity contribution in [3.8, 4) is 0 Å². The van der Waals surface area contributed by atoms with Crippen LogP contribution in [0.5, 0.6) is 0 Å². The Hall–Kier alpha value is -1.54. The van der Waals surface area contributed by atoms with Crippen LogP contribution in [-0.2, 0) is 22.5 Å². The number of aryl methyl sites for hydroxylation is 1. The number of esters is 1. The maximum Gasteiger partial charge on any atom is 0.338 e. The summed E-state index contributed by atoms with van der Waals surface area (Å²) in [6.07, 6.45) is 2.52. The molecule has 0 saturated carbocycles. The van der Waals surface area contributed by atoms with Crippen LogP contribution in [0.4, 0.5) is 0 Å². The van der Waals surface area contributed by atoms with E-state index in [0.29, 0.717) is 18.3 Å². The lowest BCUT2D eigenvalue weighted by Crippen LogP contribution is -2.04. The van der Waals surface area contributed by atoms with Gasteiger partial charge in [0.25, 0.3) is 0 Å². The summed E-state index contributed by atoms with van der Waals surface area (Å²) in [6, 6.07) is 5.50. The number of nitrogens with zero attached hydrogens (tertiary/aromatic N) is 1. The Morgan fingerprint density at radius 2 is 2.05 bits per heavy atom. The van der Waals surface area contributed by atoms with Gasteiger partial charge in [-0.25, -0.2) is 4.79 Å². The number of carbonyl (C=O) groups excluding carboxylic acids is 1. The number of fused-ring (bicyclic) bond motifs is 1. The van der Waals surface area contributed by atoms with E-state index in [4.69, 9.17) is 4.74 Å². The Balaban J connectivity index is 2.51. The van der Waals surface area contributed by atoms with E-state index in [-0.39, 0.29) is 5.97 Å². The minimum absolute atomic E-state index is 0.319. The van der Waals surface area contributed by atoms with Crippen LogP contribution in [0.25, 0.3) is 10.9 Å². The fourth-order valence-corrected chi connectivity index (χ4v) is 3.42. The molecule has 4 nitrogen and oxygen atoms in total. The minimum atomic E-state index is -2.16. The van der Waals surface area contributed by atoms with E-state index < -0.39 is 7.14 Å².